The number of hydrogen-bond acceptors (Lipinski definition) is 6. The summed E-state index contributed by atoms with van der Waals surface area (Å²) in [7, 11) is 1.58. The van der Waals surface area contributed by atoms with E-state index in [9.17, 15) is 14.4 Å². The van der Waals surface area contributed by atoms with Gasteiger partial charge in [-0.1, -0.05) is 48.5 Å². The summed E-state index contributed by atoms with van der Waals surface area (Å²) < 4.78 is 6.66. The van der Waals surface area contributed by atoms with Crippen molar-refractivity contribution in [3.05, 3.63) is 86.6 Å². The largest absolute Gasteiger partial charge is 0.496 e. The summed E-state index contributed by atoms with van der Waals surface area (Å²) in [5.74, 6) is 0.390. The van der Waals surface area contributed by atoms with Crippen molar-refractivity contribution in [2.75, 3.05) is 30.8 Å². The van der Waals surface area contributed by atoms with Crippen molar-refractivity contribution in [1.29, 1.82) is 0 Å². The molecule has 3 aromatic rings. The van der Waals surface area contributed by atoms with E-state index in [4.69, 9.17) is 10.5 Å². The minimum absolute atomic E-state index is 0.0139. The molecule has 0 saturated carbocycles. The Bertz CT molecular complexity index is 1220. The zero-order chi connectivity index (χ0) is 24.0. The SMILES string of the molecule is CCN(CC(=O)NC(C)c1ccccc1OC)c1c(N)n(Cc2ccccc2)c(=O)[nH]c1=O. The van der Waals surface area contributed by atoms with Gasteiger partial charge in [-0.25, -0.2) is 4.79 Å². The Balaban J connectivity index is 1.83. The first-order valence-electron chi connectivity index (χ1n) is 10.7. The van der Waals surface area contributed by atoms with Gasteiger partial charge in [0.15, 0.2) is 0 Å². The van der Waals surface area contributed by atoms with Crippen LogP contribution in [-0.2, 0) is 11.3 Å². The molecule has 0 bridgehead atoms. The molecule has 0 aliphatic heterocycles. The van der Waals surface area contributed by atoms with Crippen LogP contribution in [0.15, 0.2) is 64.2 Å². The van der Waals surface area contributed by atoms with Crippen LogP contribution in [0.1, 0.15) is 31.0 Å². The Morgan fingerprint density at radius 2 is 1.82 bits per heavy atom. The maximum Gasteiger partial charge on any atom is 0.330 e. The van der Waals surface area contributed by atoms with Crippen molar-refractivity contribution in [3.63, 3.8) is 0 Å². The van der Waals surface area contributed by atoms with Gasteiger partial charge in [0.2, 0.25) is 5.91 Å². The van der Waals surface area contributed by atoms with E-state index in [0.29, 0.717) is 12.3 Å². The number of nitrogens with zero attached hydrogens (tertiary/aromatic N) is 2. The first kappa shape index (κ1) is 23.6. The van der Waals surface area contributed by atoms with Crippen LogP contribution in [-0.4, -0.2) is 35.7 Å². The van der Waals surface area contributed by atoms with Crippen molar-refractivity contribution >= 4 is 17.4 Å². The molecule has 9 nitrogen and oxygen atoms in total. The van der Waals surface area contributed by atoms with Gasteiger partial charge in [-0.3, -0.25) is 19.1 Å². The first-order valence-corrected chi connectivity index (χ1v) is 10.7. The molecule has 0 saturated heterocycles. The molecule has 1 heterocycles. The van der Waals surface area contributed by atoms with Crippen LogP contribution < -0.4 is 31.9 Å². The van der Waals surface area contributed by atoms with E-state index in [1.807, 2.05) is 68.4 Å². The Labute approximate surface area is 191 Å². The number of rotatable bonds is 9. The summed E-state index contributed by atoms with van der Waals surface area (Å²) in [4.78, 5) is 41.8. The molecule has 1 amide bonds. The van der Waals surface area contributed by atoms with Crippen LogP contribution in [0, 0.1) is 0 Å². The molecule has 4 N–H and O–H groups in total. The van der Waals surface area contributed by atoms with Crippen LogP contribution in [0.25, 0.3) is 0 Å². The van der Waals surface area contributed by atoms with Gasteiger partial charge < -0.3 is 20.7 Å². The average molecular weight is 452 g/mol. The van der Waals surface area contributed by atoms with Crippen LogP contribution in [0.4, 0.5) is 11.5 Å². The number of hydrogen-bond donors (Lipinski definition) is 3. The van der Waals surface area contributed by atoms with E-state index in [-0.39, 0.29) is 36.5 Å². The van der Waals surface area contributed by atoms with E-state index >= 15 is 0 Å². The predicted molar refractivity (Wildman–Crippen MR) is 129 cm³/mol. The lowest BCUT2D eigenvalue weighted by Crippen LogP contribution is -2.43. The molecule has 174 valence electrons. The number of aromatic nitrogens is 2. The fourth-order valence-electron chi connectivity index (χ4n) is 3.72. The van der Waals surface area contributed by atoms with Gasteiger partial charge in [0.05, 0.1) is 26.2 Å². The molecule has 0 aliphatic rings. The van der Waals surface area contributed by atoms with Gasteiger partial charge in [-0.05, 0) is 25.5 Å². The van der Waals surface area contributed by atoms with Gasteiger partial charge in [0.1, 0.15) is 17.3 Å². The lowest BCUT2D eigenvalue weighted by Gasteiger charge is -2.25. The molecular weight excluding hydrogens is 422 g/mol. The van der Waals surface area contributed by atoms with Gasteiger partial charge >= 0.3 is 5.69 Å². The van der Waals surface area contributed by atoms with Crippen LogP contribution in [0.3, 0.4) is 0 Å². The molecule has 3 rings (SSSR count). The number of para-hydroxylation sites is 1. The maximum absolute atomic E-state index is 12.8. The fraction of sp³-hybridized carbons (Fsp3) is 0.292. The molecule has 1 unspecified atom stereocenters. The van der Waals surface area contributed by atoms with Gasteiger partial charge in [-0.2, -0.15) is 0 Å². The smallest absolute Gasteiger partial charge is 0.330 e. The van der Waals surface area contributed by atoms with E-state index in [2.05, 4.69) is 10.3 Å². The number of likely N-dealkylation sites (N-methyl/N-ethyl adjacent to an activating group) is 1. The highest BCUT2D eigenvalue weighted by molar-refractivity contribution is 5.83. The first-order chi connectivity index (χ1) is 15.8. The second kappa shape index (κ2) is 10.5. The maximum atomic E-state index is 12.8. The van der Waals surface area contributed by atoms with E-state index in [1.165, 1.54) is 4.57 Å². The van der Waals surface area contributed by atoms with Crippen molar-refractivity contribution < 1.29 is 9.53 Å². The fourth-order valence-corrected chi connectivity index (χ4v) is 3.72. The average Bonchev–Trinajstić information content (AvgIpc) is 2.81. The molecule has 2 aromatic carbocycles. The summed E-state index contributed by atoms with van der Waals surface area (Å²) in [6.45, 7) is 4.10. The molecule has 1 atom stereocenters. The molecule has 33 heavy (non-hydrogen) atoms. The topological polar surface area (TPSA) is 122 Å². The number of ether oxygens (including phenoxy) is 1. The second-order valence-corrected chi connectivity index (χ2v) is 7.61. The van der Waals surface area contributed by atoms with Gasteiger partial charge in [0, 0.05) is 12.1 Å². The number of nitrogen functional groups attached to an aromatic ring is 1. The monoisotopic (exact) mass is 451 g/mol. The summed E-state index contributed by atoms with van der Waals surface area (Å²) in [6, 6.07) is 16.4. The zero-order valence-electron chi connectivity index (χ0n) is 19.0. The number of benzene rings is 2. The number of carbonyl (C=O) groups excluding carboxylic acids is 1. The zero-order valence-corrected chi connectivity index (χ0v) is 19.0. The number of nitrogens with one attached hydrogen (secondary N) is 2. The number of methoxy groups -OCH3 is 1. The molecular formula is C24H29N5O4. The van der Waals surface area contributed by atoms with Gasteiger partial charge in [-0.15, -0.1) is 0 Å². The van der Waals surface area contributed by atoms with E-state index in [1.54, 1.807) is 12.0 Å². The van der Waals surface area contributed by atoms with Crippen molar-refractivity contribution in [2.24, 2.45) is 0 Å². The number of carbonyl (C=O) groups is 1. The summed E-state index contributed by atoms with van der Waals surface area (Å²) >= 11 is 0. The highest BCUT2D eigenvalue weighted by Gasteiger charge is 2.21. The minimum Gasteiger partial charge on any atom is -0.496 e. The lowest BCUT2D eigenvalue weighted by molar-refractivity contribution is -0.120. The van der Waals surface area contributed by atoms with Crippen molar-refractivity contribution in [3.8, 4) is 5.75 Å². The number of H-pyrrole nitrogens is 1. The summed E-state index contributed by atoms with van der Waals surface area (Å²) in [5.41, 5.74) is 6.82. The summed E-state index contributed by atoms with van der Waals surface area (Å²) in [5, 5.41) is 2.93. The third kappa shape index (κ3) is 5.43. The number of anilines is 2. The normalized spacial score (nSPS) is 11.6. The van der Waals surface area contributed by atoms with Crippen LogP contribution >= 0.6 is 0 Å². The van der Waals surface area contributed by atoms with Crippen molar-refractivity contribution in [1.82, 2.24) is 14.9 Å². The van der Waals surface area contributed by atoms with Gasteiger partial charge in [0.25, 0.3) is 5.56 Å². The van der Waals surface area contributed by atoms with E-state index in [0.717, 1.165) is 11.1 Å². The highest BCUT2D eigenvalue weighted by atomic mass is 16.5. The molecule has 0 spiro atoms. The third-order valence-electron chi connectivity index (χ3n) is 5.41. The predicted octanol–water partition coefficient (Wildman–Crippen LogP) is 1.88. The van der Waals surface area contributed by atoms with Crippen molar-refractivity contribution in [2.45, 2.75) is 26.4 Å². The molecule has 0 fully saturated rings. The highest BCUT2D eigenvalue weighted by Crippen LogP contribution is 2.24. The Morgan fingerprint density at radius 3 is 2.48 bits per heavy atom. The lowest BCUT2D eigenvalue weighted by atomic mass is 10.1. The second-order valence-electron chi connectivity index (χ2n) is 7.61. The Morgan fingerprint density at radius 1 is 1.15 bits per heavy atom. The standard InChI is InChI=1S/C24H29N5O4/c1-4-28(15-20(30)26-16(2)18-12-8-9-13-19(18)33-3)21-22(25)29(24(32)27-23(21)31)14-17-10-6-5-7-11-17/h5-13,16H,4,14-15,25H2,1-3H3,(H,26,30)(H,27,31,32). The Hall–Kier alpha value is -4.01. The molecule has 9 heteroatoms. The van der Waals surface area contributed by atoms with Crippen LogP contribution in [0.2, 0.25) is 0 Å². The third-order valence-corrected chi connectivity index (χ3v) is 5.41. The molecule has 1 aromatic heterocycles. The minimum atomic E-state index is -0.630. The summed E-state index contributed by atoms with van der Waals surface area (Å²) in [6.07, 6.45) is 0. The Kier molecular flexibility index (Phi) is 7.55. The number of nitrogens with two attached hydrogens (primary N) is 1. The van der Waals surface area contributed by atoms with E-state index < -0.39 is 11.2 Å². The number of amides is 1. The molecule has 0 radical (unpaired) electrons. The number of aromatic amines is 1. The van der Waals surface area contributed by atoms with Crippen LogP contribution in [0.5, 0.6) is 5.75 Å². The quantitative estimate of drug-likeness (QED) is 0.457. The molecule has 0 aliphatic carbocycles.